The van der Waals surface area contributed by atoms with Crippen LogP contribution in [0.25, 0.3) is 6.08 Å². The molecular weight excluding hydrogens is 450 g/mol. The molecule has 0 fully saturated rings. The van der Waals surface area contributed by atoms with Gasteiger partial charge in [0.2, 0.25) is 0 Å². The zero-order valence-corrected chi connectivity index (χ0v) is 18.5. The van der Waals surface area contributed by atoms with E-state index in [1.54, 1.807) is 25.1 Å². The van der Waals surface area contributed by atoms with Gasteiger partial charge in [0.15, 0.2) is 18.1 Å². The average molecular weight is 472 g/mol. The van der Waals surface area contributed by atoms with E-state index < -0.39 is 11.8 Å². The van der Waals surface area contributed by atoms with Gasteiger partial charge in [0.1, 0.15) is 11.6 Å². The summed E-state index contributed by atoms with van der Waals surface area (Å²) in [5.74, 6) is -0.478. The number of hydrogen-bond donors (Lipinski definition) is 2. The van der Waals surface area contributed by atoms with E-state index in [-0.39, 0.29) is 12.2 Å². The molecule has 0 saturated heterocycles. The molecule has 0 aliphatic carbocycles. The predicted octanol–water partition coefficient (Wildman–Crippen LogP) is 3.87. The summed E-state index contributed by atoms with van der Waals surface area (Å²) < 4.78 is 11.5. The van der Waals surface area contributed by atoms with Crippen molar-refractivity contribution in [3.63, 3.8) is 0 Å². The molecule has 2 aromatic carbocycles. The van der Waals surface area contributed by atoms with Gasteiger partial charge in [-0.15, -0.1) is 0 Å². The van der Waals surface area contributed by atoms with Gasteiger partial charge < -0.3 is 20.5 Å². The summed E-state index contributed by atoms with van der Waals surface area (Å²) in [5, 5.41) is 12.3. The van der Waals surface area contributed by atoms with Crippen LogP contribution < -0.4 is 20.5 Å². The molecule has 156 valence electrons. The van der Waals surface area contributed by atoms with Crippen LogP contribution in [0.3, 0.4) is 0 Å². The number of nitrogens with zero attached hydrogens (tertiary/aromatic N) is 1. The molecule has 0 atom stereocenters. The Labute approximate surface area is 183 Å². The topological polar surface area (TPSA) is 114 Å². The third-order valence-electron chi connectivity index (χ3n) is 4.00. The van der Waals surface area contributed by atoms with Crippen LogP contribution in [-0.2, 0) is 9.59 Å². The zero-order valence-electron chi connectivity index (χ0n) is 16.9. The molecule has 0 heterocycles. The number of carbonyl (C=O) groups excluding carboxylic acids is 2. The van der Waals surface area contributed by atoms with Crippen LogP contribution in [0.1, 0.15) is 23.6 Å². The summed E-state index contributed by atoms with van der Waals surface area (Å²) in [5.41, 5.74) is 8.22. The molecule has 0 unspecified atom stereocenters. The number of halogens is 1. The molecular formula is C22H22BrN3O4. The third kappa shape index (κ3) is 6.09. The van der Waals surface area contributed by atoms with Crippen molar-refractivity contribution in [1.82, 2.24) is 0 Å². The summed E-state index contributed by atoms with van der Waals surface area (Å²) >= 11 is 3.37. The van der Waals surface area contributed by atoms with Gasteiger partial charge >= 0.3 is 0 Å². The van der Waals surface area contributed by atoms with Gasteiger partial charge in [-0.2, -0.15) is 5.26 Å². The number of aryl methyl sites for hydroxylation is 2. The first-order valence-corrected chi connectivity index (χ1v) is 9.92. The second-order valence-electron chi connectivity index (χ2n) is 6.46. The summed E-state index contributed by atoms with van der Waals surface area (Å²) in [7, 11) is 0. The summed E-state index contributed by atoms with van der Waals surface area (Å²) in [6.07, 6.45) is 1.45. The number of hydrogen-bond acceptors (Lipinski definition) is 5. The Kier molecular flexibility index (Phi) is 8.01. The minimum atomic E-state index is -0.622. The average Bonchev–Trinajstić information content (AvgIpc) is 2.67. The smallest absolute Gasteiger partial charge is 0.266 e. The minimum Gasteiger partial charge on any atom is -0.490 e. The van der Waals surface area contributed by atoms with Crippen LogP contribution in [-0.4, -0.2) is 25.0 Å². The molecule has 2 aromatic rings. The van der Waals surface area contributed by atoms with E-state index >= 15 is 0 Å². The highest BCUT2D eigenvalue weighted by atomic mass is 79.9. The fraction of sp³-hybridized carbons (Fsp3) is 0.227. The number of amides is 2. The monoisotopic (exact) mass is 471 g/mol. The molecule has 0 bridgehead atoms. The van der Waals surface area contributed by atoms with Crippen molar-refractivity contribution in [1.29, 1.82) is 5.26 Å². The lowest BCUT2D eigenvalue weighted by molar-refractivity contribution is -0.120. The van der Waals surface area contributed by atoms with E-state index in [0.717, 1.165) is 11.1 Å². The quantitative estimate of drug-likeness (QED) is 0.447. The second kappa shape index (κ2) is 10.5. The van der Waals surface area contributed by atoms with E-state index in [1.165, 1.54) is 6.08 Å². The second-order valence-corrected chi connectivity index (χ2v) is 7.31. The molecule has 0 aliphatic rings. The van der Waals surface area contributed by atoms with Gasteiger partial charge in [-0.25, -0.2) is 0 Å². The summed E-state index contributed by atoms with van der Waals surface area (Å²) in [6, 6.07) is 10.8. The predicted molar refractivity (Wildman–Crippen MR) is 118 cm³/mol. The lowest BCUT2D eigenvalue weighted by Gasteiger charge is -2.14. The summed E-state index contributed by atoms with van der Waals surface area (Å²) in [6.45, 7) is 5.69. The van der Waals surface area contributed by atoms with Crippen molar-refractivity contribution in [2.24, 2.45) is 5.73 Å². The van der Waals surface area contributed by atoms with Gasteiger partial charge in [0.05, 0.1) is 11.1 Å². The Bertz CT molecular complexity index is 1040. The number of carbonyl (C=O) groups is 2. The Morgan fingerprint density at radius 2 is 1.97 bits per heavy atom. The first-order valence-electron chi connectivity index (χ1n) is 9.13. The molecule has 3 N–H and O–H groups in total. The first-order chi connectivity index (χ1) is 14.2. The number of nitrogens with two attached hydrogens (primary N) is 1. The number of anilines is 1. The fourth-order valence-corrected chi connectivity index (χ4v) is 3.25. The van der Waals surface area contributed by atoms with Gasteiger partial charge in [-0.3, -0.25) is 9.59 Å². The van der Waals surface area contributed by atoms with E-state index in [4.69, 9.17) is 15.2 Å². The highest BCUT2D eigenvalue weighted by Crippen LogP contribution is 2.37. The van der Waals surface area contributed by atoms with E-state index in [2.05, 4.69) is 21.2 Å². The highest BCUT2D eigenvalue weighted by molar-refractivity contribution is 9.10. The van der Waals surface area contributed by atoms with E-state index in [0.29, 0.717) is 33.8 Å². The molecule has 0 aliphatic heterocycles. The van der Waals surface area contributed by atoms with Crippen LogP contribution in [0.2, 0.25) is 0 Å². The number of nitrogens with one attached hydrogen (secondary N) is 1. The number of benzene rings is 2. The Hall–Kier alpha value is -3.31. The molecule has 2 rings (SSSR count). The first kappa shape index (κ1) is 23.0. The Morgan fingerprint density at radius 1 is 1.23 bits per heavy atom. The maximum absolute atomic E-state index is 12.6. The maximum Gasteiger partial charge on any atom is 0.266 e. The van der Waals surface area contributed by atoms with Gasteiger partial charge in [0, 0.05) is 5.69 Å². The van der Waals surface area contributed by atoms with Crippen LogP contribution in [0.5, 0.6) is 11.5 Å². The van der Waals surface area contributed by atoms with Crippen molar-refractivity contribution in [3.05, 3.63) is 57.1 Å². The number of rotatable bonds is 8. The molecule has 0 saturated carbocycles. The Morgan fingerprint density at radius 3 is 2.57 bits per heavy atom. The van der Waals surface area contributed by atoms with Gasteiger partial charge in [0.25, 0.3) is 11.8 Å². The largest absolute Gasteiger partial charge is 0.490 e. The molecule has 8 heteroatoms. The van der Waals surface area contributed by atoms with E-state index in [9.17, 15) is 14.9 Å². The van der Waals surface area contributed by atoms with Crippen molar-refractivity contribution < 1.29 is 19.1 Å². The lowest BCUT2D eigenvalue weighted by Crippen LogP contribution is -2.20. The molecule has 30 heavy (non-hydrogen) atoms. The third-order valence-corrected chi connectivity index (χ3v) is 4.59. The SMILES string of the molecule is CCOc1cc(/C=C(\C#N)C(=O)Nc2ccc(C)cc2C)cc(Br)c1OCC(N)=O. The molecule has 0 aromatic heterocycles. The van der Waals surface area contributed by atoms with Crippen molar-refractivity contribution in [2.75, 3.05) is 18.5 Å². The molecule has 0 spiro atoms. The standard InChI is InChI=1S/C22H22BrN3O4/c1-4-29-19-10-15(9-17(23)21(19)30-12-20(25)27)8-16(11-24)22(28)26-18-6-5-13(2)7-14(18)3/h5-10H,4,12H2,1-3H3,(H2,25,27)(H,26,28)/b16-8+. The van der Waals surface area contributed by atoms with Crippen molar-refractivity contribution >= 4 is 39.5 Å². The molecule has 7 nitrogen and oxygen atoms in total. The van der Waals surface area contributed by atoms with E-state index in [1.807, 2.05) is 32.0 Å². The number of ether oxygens (including phenoxy) is 2. The fourth-order valence-electron chi connectivity index (χ4n) is 2.68. The van der Waals surface area contributed by atoms with Crippen LogP contribution >= 0.6 is 15.9 Å². The van der Waals surface area contributed by atoms with Crippen LogP contribution in [0, 0.1) is 25.2 Å². The number of nitriles is 1. The highest BCUT2D eigenvalue weighted by Gasteiger charge is 2.15. The molecule has 0 radical (unpaired) electrons. The Balaban J connectivity index is 2.34. The lowest BCUT2D eigenvalue weighted by atomic mass is 10.1. The minimum absolute atomic E-state index is 0.0740. The van der Waals surface area contributed by atoms with Crippen LogP contribution in [0.4, 0.5) is 5.69 Å². The summed E-state index contributed by atoms with van der Waals surface area (Å²) in [4.78, 5) is 23.6. The number of primary amides is 1. The molecule has 2 amide bonds. The normalized spacial score (nSPS) is 10.8. The zero-order chi connectivity index (χ0) is 22.3. The van der Waals surface area contributed by atoms with Crippen molar-refractivity contribution in [3.8, 4) is 17.6 Å². The maximum atomic E-state index is 12.6. The van der Waals surface area contributed by atoms with Crippen molar-refractivity contribution in [2.45, 2.75) is 20.8 Å². The van der Waals surface area contributed by atoms with Gasteiger partial charge in [-0.05, 0) is 72.1 Å². The van der Waals surface area contributed by atoms with Crippen LogP contribution in [0.15, 0.2) is 40.4 Å². The van der Waals surface area contributed by atoms with Gasteiger partial charge in [-0.1, -0.05) is 17.7 Å².